The van der Waals surface area contributed by atoms with Gasteiger partial charge in [0.2, 0.25) is 0 Å². The topological polar surface area (TPSA) is 58.5 Å². The summed E-state index contributed by atoms with van der Waals surface area (Å²) in [6, 6.07) is 18.3. The van der Waals surface area contributed by atoms with Gasteiger partial charge in [0.15, 0.2) is 5.96 Å². The molecule has 3 rings (SSSR count). The molecule has 148 valence electrons. The van der Waals surface area contributed by atoms with Gasteiger partial charge < -0.3 is 15.4 Å². The smallest absolute Gasteiger partial charge is 0.191 e. The molecule has 0 radical (unpaired) electrons. The van der Waals surface area contributed by atoms with Gasteiger partial charge in [-0.3, -0.25) is 9.98 Å². The highest BCUT2D eigenvalue weighted by molar-refractivity contribution is 14.0. The summed E-state index contributed by atoms with van der Waals surface area (Å²) in [5, 5.41) is 7.83. The minimum Gasteiger partial charge on any atom is -0.489 e. The maximum Gasteiger partial charge on any atom is 0.191 e. The Morgan fingerprint density at radius 1 is 1.11 bits per heavy atom. The van der Waals surface area contributed by atoms with Crippen molar-refractivity contribution in [2.24, 2.45) is 4.99 Å². The van der Waals surface area contributed by atoms with Gasteiger partial charge in [-0.1, -0.05) is 30.3 Å². The fourth-order valence-electron chi connectivity index (χ4n) is 2.91. The number of ether oxygens (including phenoxy) is 1. The third-order valence-electron chi connectivity index (χ3n) is 4.29. The number of rotatable bonds is 6. The summed E-state index contributed by atoms with van der Waals surface area (Å²) in [7, 11) is 1.77. The molecule has 0 spiro atoms. The minimum atomic E-state index is 0. The summed E-state index contributed by atoms with van der Waals surface area (Å²) in [5.74, 6) is 1.63. The van der Waals surface area contributed by atoms with Crippen molar-refractivity contribution in [3.05, 3.63) is 71.9 Å². The molecule has 0 aliphatic rings. The van der Waals surface area contributed by atoms with E-state index in [1.807, 2.05) is 55.6 Å². The molecular formula is C22H27IN4O. The fourth-order valence-corrected chi connectivity index (χ4v) is 2.91. The zero-order valence-electron chi connectivity index (χ0n) is 16.5. The summed E-state index contributed by atoms with van der Waals surface area (Å²) in [5.41, 5.74) is 3.38. The molecular weight excluding hydrogens is 463 g/mol. The Hall–Kier alpha value is -2.35. The molecule has 1 aromatic heterocycles. The molecule has 0 aliphatic heterocycles. The Balaban J connectivity index is 0.00000280. The van der Waals surface area contributed by atoms with Crippen molar-refractivity contribution in [1.82, 2.24) is 15.6 Å². The highest BCUT2D eigenvalue weighted by Crippen LogP contribution is 2.16. The summed E-state index contributed by atoms with van der Waals surface area (Å²) >= 11 is 0. The van der Waals surface area contributed by atoms with Crippen LogP contribution in [0.25, 0.3) is 10.9 Å². The molecule has 0 fully saturated rings. The molecule has 3 aromatic rings. The quantitative estimate of drug-likeness (QED) is 0.308. The Morgan fingerprint density at radius 3 is 2.71 bits per heavy atom. The van der Waals surface area contributed by atoms with Crippen LogP contribution in [0.4, 0.5) is 0 Å². The number of fused-ring (bicyclic) bond motifs is 1. The van der Waals surface area contributed by atoms with Crippen molar-refractivity contribution in [2.45, 2.75) is 26.5 Å². The van der Waals surface area contributed by atoms with E-state index in [-0.39, 0.29) is 30.1 Å². The van der Waals surface area contributed by atoms with Gasteiger partial charge in [-0.25, -0.2) is 0 Å². The molecule has 6 heteroatoms. The molecule has 28 heavy (non-hydrogen) atoms. The van der Waals surface area contributed by atoms with Gasteiger partial charge in [0.1, 0.15) is 11.9 Å². The van der Waals surface area contributed by atoms with Crippen LogP contribution in [-0.4, -0.2) is 30.6 Å². The Bertz CT molecular complexity index is 924. The van der Waals surface area contributed by atoms with Gasteiger partial charge in [-0.2, -0.15) is 0 Å². The average Bonchev–Trinajstić information content (AvgIpc) is 2.68. The maximum atomic E-state index is 5.96. The van der Waals surface area contributed by atoms with E-state index in [0.29, 0.717) is 13.1 Å². The molecule has 0 aliphatic carbocycles. The lowest BCUT2D eigenvalue weighted by atomic mass is 10.1. The van der Waals surface area contributed by atoms with Gasteiger partial charge in [0.25, 0.3) is 0 Å². The van der Waals surface area contributed by atoms with E-state index >= 15 is 0 Å². The zero-order chi connectivity index (χ0) is 19.1. The summed E-state index contributed by atoms with van der Waals surface area (Å²) in [4.78, 5) is 8.70. The summed E-state index contributed by atoms with van der Waals surface area (Å²) in [6.07, 6.45) is 1.86. The number of para-hydroxylation sites is 1. The Morgan fingerprint density at radius 2 is 1.93 bits per heavy atom. The molecule has 0 bridgehead atoms. The first kappa shape index (κ1) is 21.9. The van der Waals surface area contributed by atoms with Crippen LogP contribution < -0.4 is 15.4 Å². The van der Waals surface area contributed by atoms with Gasteiger partial charge in [0.05, 0.1) is 12.1 Å². The van der Waals surface area contributed by atoms with Crippen LogP contribution >= 0.6 is 24.0 Å². The number of aromatic nitrogens is 1. The lowest BCUT2D eigenvalue weighted by molar-refractivity contribution is 0.223. The monoisotopic (exact) mass is 490 g/mol. The van der Waals surface area contributed by atoms with Gasteiger partial charge in [0, 0.05) is 25.2 Å². The average molecular weight is 490 g/mol. The lowest BCUT2D eigenvalue weighted by Crippen LogP contribution is -2.41. The van der Waals surface area contributed by atoms with Crippen LogP contribution in [0.5, 0.6) is 5.75 Å². The van der Waals surface area contributed by atoms with E-state index in [1.54, 1.807) is 7.05 Å². The largest absolute Gasteiger partial charge is 0.489 e. The molecule has 1 unspecified atom stereocenters. The van der Waals surface area contributed by atoms with Crippen LogP contribution in [0, 0.1) is 6.92 Å². The third kappa shape index (κ3) is 6.09. The highest BCUT2D eigenvalue weighted by atomic mass is 127. The standard InChI is InChI=1S/C22H26N4O.HI/c1-16-7-6-8-19(13-16)27-17(2)14-25-22(23-3)26-15-18-11-12-24-21-10-5-4-9-20(18)21;/h4-13,17H,14-15H2,1-3H3,(H2,23,25,26);1H. The number of aryl methyl sites for hydroxylation is 1. The van der Waals surface area contributed by atoms with Crippen LogP contribution in [-0.2, 0) is 6.54 Å². The Labute approximate surface area is 183 Å². The Kier molecular flexibility index (Phi) is 8.50. The van der Waals surface area contributed by atoms with Crippen molar-refractivity contribution in [3.8, 4) is 5.75 Å². The van der Waals surface area contributed by atoms with Crippen molar-refractivity contribution in [2.75, 3.05) is 13.6 Å². The van der Waals surface area contributed by atoms with E-state index in [9.17, 15) is 0 Å². The predicted octanol–water partition coefficient (Wildman–Crippen LogP) is 4.29. The number of nitrogens with zero attached hydrogens (tertiary/aromatic N) is 2. The number of guanidine groups is 1. The third-order valence-corrected chi connectivity index (χ3v) is 4.29. The summed E-state index contributed by atoms with van der Waals surface area (Å²) < 4.78 is 5.96. The van der Waals surface area contributed by atoms with E-state index < -0.39 is 0 Å². The molecule has 2 N–H and O–H groups in total. The molecule has 0 saturated heterocycles. The van der Waals surface area contributed by atoms with E-state index in [2.05, 4.69) is 39.7 Å². The van der Waals surface area contributed by atoms with Crippen LogP contribution in [0.3, 0.4) is 0 Å². The number of halogens is 1. The number of hydrogen-bond donors (Lipinski definition) is 2. The van der Waals surface area contributed by atoms with Gasteiger partial charge >= 0.3 is 0 Å². The maximum absolute atomic E-state index is 5.96. The second kappa shape index (κ2) is 10.8. The number of pyridine rings is 1. The normalized spacial score (nSPS) is 12.2. The van der Waals surface area contributed by atoms with Crippen LogP contribution in [0.2, 0.25) is 0 Å². The van der Waals surface area contributed by atoms with Gasteiger partial charge in [-0.05, 0) is 49.2 Å². The fraction of sp³-hybridized carbons (Fsp3) is 0.273. The number of nitrogens with one attached hydrogen (secondary N) is 2. The predicted molar refractivity (Wildman–Crippen MR) is 127 cm³/mol. The first-order valence-electron chi connectivity index (χ1n) is 9.16. The second-order valence-corrected chi connectivity index (χ2v) is 6.54. The minimum absolute atomic E-state index is 0. The lowest BCUT2D eigenvalue weighted by Gasteiger charge is -2.18. The molecule has 1 heterocycles. The SMILES string of the molecule is CN=C(NCc1ccnc2ccccc12)NCC(C)Oc1cccc(C)c1.I. The van der Waals surface area contributed by atoms with E-state index in [1.165, 1.54) is 11.1 Å². The number of hydrogen-bond acceptors (Lipinski definition) is 3. The van der Waals surface area contributed by atoms with Crippen LogP contribution in [0.15, 0.2) is 65.8 Å². The first-order chi connectivity index (χ1) is 13.2. The molecule has 0 amide bonds. The van der Waals surface area contributed by atoms with E-state index in [4.69, 9.17) is 4.74 Å². The zero-order valence-corrected chi connectivity index (χ0v) is 18.8. The molecule has 0 saturated carbocycles. The van der Waals surface area contributed by atoms with Crippen molar-refractivity contribution >= 4 is 40.8 Å². The van der Waals surface area contributed by atoms with Gasteiger partial charge in [-0.15, -0.1) is 24.0 Å². The highest BCUT2D eigenvalue weighted by Gasteiger charge is 2.07. The van der Waals surface area contributed by atoms with Crippen molar-refractivity contribution in [1.29, 1.82) is 0 Å². The van der Waals surface area contributed by atoms with Crippen molar-refractivity contribution < 1.29 is 4.74 Å². The van der Waals surface area contributed by atoms with Crippen molar-refractivity contribution in [3.63, 3.8) is 0 Å². The molecule has 1 atom stereocenters. The summed E-state index contributed by atoms with van der Waals surface area (Å²) in [6.45, 7) is 5.43. The molecule has 2 aromatic carbocycles. The van der Waals surface area contributed by atoms with E-state index in [0.717, 1.165) is 22.6 Å². The number of aliphatic imine (C=N–C) groups is 1. The molecule has 5 nitrogen and oxygen atoms in total. The second-order valence-electron chi connectivity index (χ2n) is 6.54. The number of benzene rings is 2. The van der Waals surface area contributed by atoms with Crippen LogP contribution in [0.1, 0.15) is 18.1 Å². The first-order valence-corrected chi connectivity index (χ1v) is 9.16.